The first-order chi connectivity index (χ1) is 23.5. The summed E-state index contributed by atoms with van der Waals surface area (Å²) in [5.41, 5.74) is 0.502. The van der Waals surface area contributed by atoms with E-state index in [0.717, 1.165) is 5.56 Å². The summed E-state index contributed by atoms with van der Waals surface area (Å²) in [6.07, 6.45) is 5.27. The van der Waals surface area contributed by atoms with Crippen molar-refractivity contribution in [1.29, 1.82) is 0 Å². The van der Waals surface area contributed by atoms with Gasteiger partial charge in [0.15, 0.2) is 0 Å². The van der Waals surface area contributed by atoms with Gasteiger partial charge in [-0.3, -0.25) is 19.2 Å². The standard InChI is InChI=1S/C37H41BrClN3O7/c1-22-13-12-16-26(39)30(22)41-18-9-5-8-17-27(44)40(3)23(2)31(24-14-6-4-7-15-24)48-36(47)28-29-34(45)42(19-10-11-20-43)33(35(41)46)37(29)21-25(38)32(28)49-37/h4-7,9,12-16,21,23,28-29,31-33,43H,8,10-11,17-20H2,1-3H3/b9-5-/t23-,28+,29-,31+,32+,33+,37-/m1/s1. The van der Waals surface area contributed by atoms with Gasteiger partial charge in [-0.15, -0.1) is 0 Å². The number of rotatable bonds is 6. The monoisotopic (exact) mass is 753 g/mol. The van der Waals surface area contributed by atoms with Gasteiger partial charge in [0.25, 0.3) is 5.91 Å². The van der Waals surface area contributed by atoms with Crippen molar-refractivity contribution in [2.24, 2.45) is 11.8 Å². The molecule has 0 unspecified atom stereocenters. The first-order valence-corrected chi connectivity index (χ1v) is 17.9. The van der Waals surface area contributed by atoms with Crippen molar-refractivity contribution in [3.63, 3.8) is 0 Å². The van der Waals surface area contributed by atoms with Crippen LogP contribution in [0.2, 0.25) is 5.02 Å². The minimum atomic E-state index is -1.47. The van der Waals surface area contributed by atoms with Crippen LogP contribution in [0.4, 0.5) is 5.69 Å². The number of allylic oxidation sites excluding steroid dienone is 1. The van der Waals surface area contributed by atoms with Crippen LogP contribution >= 0.6 is 27.5 Å². The lowest BCUT2D eigenvalue weighted by Gasteiger charge is -2.36. The van der Waals surface area contributed by atoms with Gasteiger partial charge < -0.3 is 29.3 Å². The number of fused-ring (bicyclic) bond motifs is 2. The van der Waals surface area contributed by atoms with Gasteiger partial charge in [-0.05, 0) is 56.4 Å². The third-order valence-electron chi connectivity index (χ3n) is 10.3. The molecule has 2 aromatic rings. The van der Waals surface area contributed by atoms with E-state index in [-0.39, 0.29) is 37.9 Å². The topological polar surface area (TPSA) is 117 Å². The van der Waals surface area contributed by atoms with E-state index < -0.39 is 53.6 Å². The van der Waals surface area contributed by atoms with E-state index in [1.54, 1.807) is 35.1 Å². The molecular weight excluding hydrogens is 714 g/mol. The summed E-state index contributed by atoms with van der Waals surface area (Å²) in [4.78, 5) is 62.1. The quantitative estimate of drug-likeness (QED) is 0.248. The van der Waals surface area contributed by atoms with Gasteiger partial charge in [-0.25, -0.2) is 0 Å². The molecule has 7 atom stereocenters. The van der Waals surface area contributed by atoms with E-state index in [2.05, 4.69) is 15.9 Å². The predicted octanol–water partition coefficient (Wildman–Crippen LogP) is 5.11. The number of hydrogen-bond donors (Lipinski definition) is 1. The Morgan fingerprint density at radius 2 is 1.76 bits per heavy atom. The Labute approximate surface area is 299 Å². The highest BCUT2D eigenvalue weighted by Gasteiger charge is 2.75. The highest BCUT2D eigenvalue weighted by molar-refractivity contribution is 9.11. The van der Waals surface area contributed by atoms with Crippen molar-refractivity contribution in [1.82, 2.24) is 9.80 Å². The maximum absolute atomic E-state index is 15.1. The van der Waals surface area contributed by atoms with E-state index in [9.17, 15) is 19.5 Å². The van der Waals surface area contributed by atoms with Crippen molar-refractivity contribution < 1.29 is 33.8 Å². The summed E-state index contributed by atoms with van der Waals surface area (Å²) in [6.45, 7) is 3.93. The largest absolute Gasteiger partial charge is 0.455 e. The molecule has 0 aliphatic carbocycles. The molecule has 1 spiro atoms. The third kappa shape index (κ3) is 6.24. The van der Waals surface area contributed by atoms with Crippen LogP contribution in [-0.2, 0) is 28.7 Å². The van der Waals surface area contributed by atoms with E-state index in [0.29, 0.717) is 40.0 Å². The molecule has 0 saturated carbocycles. The Morgan fingerprint density at radius 1 is 1.00 bits per heavy atom. The van der Waals surface area contributed by atoms with Gasteiger partial charge in [0.2, 0.25) is 11.8 Å². The van der Waals surface area contributed by atoms with Gasteiger partial charge in [-0.1, -0.05) is 82.1 Å². The number of carbonyl (C=O) groups is 4. The average Bonchev–Trinajstić information content (AvgIpc) is 3.68. The third-order valence-corrected chi connectivity index (χ3v) is 11.2. The molecule has 0 aromatic heterocycles. The number of aliphatic hydroxyl groups is 1. The number of carbonyl (C=O) groups excluding carboxylic acids is 4. The second-order valence-electron chi connectivity index (χ2n) is 13.2. The molecule has 12 heteroatoms. The molecular formula is C37H41BrClN3O7. The number of ether oxygens (including phenoxy) is 2. The minimum Gasteiger partial charge on any atom is -0.455 e. The number of nitrogens with zero attached hydrogens (tertiary/aromatic N) is 3. The molecule has 4 aliphatic rings. The maximum Gasteiger partial charge on any atom is 0.313 e. The van der Waals surface area contributed by atoms with Crippen LogP contribution in [0, 0.1) is 18.8 Å². The molecule has 260 valence electrons. The molecule has 6 rings (SSSR count). The van der Waals surface area contributed by atoms with Gasteiger partial charge in [0, 0.05) is 37.6 Å². The zero-order chi connectivity index (χ0) is 35.0. The Kier molecular flexibility index (Phi) is 10.4. The maximum atomic E-state index is 15.1. The Balaban J connectivity index is 1.49. The normalized spacial score (nSPS) is 31.2. The molecule has 2 fully saturated rings. The fourth-order valence-electron chi connectivity index (χ4n) is 7.71. The molecule has 4 heterocycles. The highest BCUT2D eigenvalue weighted by Crippen LogP contribution is 2.59. The predicted molar refractivity (Wildman–Crippen MR) is 188 cm³/mol. The molecule has 2 aromatic carbocycles. The second kappa shape index (κ2) is 14.4. The van der Waals surface area contributed by atoms with Crippen molar-refractivity contribution in [2.75, 3.05) is 31.6 Å². The molecule has 4 aliphatic heterocycles. The van der Waals surface area contributed by atoms with Crippen molar-refractivity contribution in [3.8, 4) is 0 Å². The summed E-state index contributed by atoms with van der Waals surface area (Å²) in [6, 6.07) is 12.9. The number of para-hydroxylation sites is 1. The second-order valence-corrected chi connectivity index (χ2v) is 14.5. The van der Waals surface area contributed by atoms with Gasteiger partial charge >= 0.3 is 5.97 Å². The fraction of sp³-hybridized carbons (Fsp3) is 0.459. The molecule has 5 bridgehead atoms. The van der Waals surface area contributed by atoms with E-state index in [1.165, 1.54) is 4.90 Å². The summed E-state index contributed by atoms with van der Waals surface area (Å²) in [7, 11) is 1.69. The van der Waals surface area contributed by atoms with E-state index >= 15 is 4.79 Å². The number of likely N-dealkylation sites (N-methyl/N-ethyl adjacent to an activating group) is 1. The van der Waals surface area contributed by atoms with Crippen LogP contribution in [0.3, 0.4) is 0 Å². The molecule has 3 amide bonds. The van der Waals surface area contributed by atoms with Crippen LogP contribution in [-0.4, -0.2) is 89.1 Å². The first kappa shape index (κ1) is 35.3. The van der Waals surface area contributed by atoms with Crippen LogP contribution in [0.1, 0.15) is 49.8 Å². The molecule has 2 saturated heterocycles. The average molecular weight is 755 g/mol. The highest BCUT2D eigenvalue weighted by atomic mass is 79.9. The van der Waals surface area contributed by atoms with Crippen molar-refractivity contribution in [2.45, 2.75) is 69.4 Å². The number of esters is 1. The number of hydrogen-bond acceptors (Lipinski definition) is 7. The minimum absolute atomic E-state index is 0.0695. The smallest absolute Gasteiger partial charge is 0.313 e. The van der Waals surface area contributed by atoms with Gasteiger partial charge in [0.1, 0.15) is 29.8 Å². The SMILES string of the molecule is Cc1cccc(Cl)c1N1C/C=C\CCC(=O)N(C)[C@H](C)[C@@H](c2ccccc2)OC(=O)[C@@H]2[C@H]3O[C@@]4(C=C3Br)[C@H](C1=O)N(CCCCO)C(=O)[C@@H]24. The van der Waals surface area contributed by atoms with Gasteiger partial charge in [-0.2, -0.15) is 0 Å². The number of unbranched alkanes of at least 4 members (excludes halogenated alkanes) is 1. The summed E-state index contributed by atoms with van der Waals surface area (Å²) >= 11 is 10.4. The fourth-order valence-corrected chi connectivity index (χ4v) is 8.77. The van der Waals surface area contributed by atoms with Crippen LogP contribution in [0.5, 0.6) is 0 Å². The number of amides is 3. The lowest BCUT2D eigenvalue weighted by Crippen LogP contribution is -2.56. The number of likely N-dealkylation sites (tertiary alicyclic amines) is 1. The van der Waals surface area contributed by atoms with Gasteiger partial charge in [0.05, 0.1) is 22.7 Å². The summed E-state index contributed by atoms with van der Waals surface area (Å²) in [5.74, 6) is -3.68. The van der Waals surface area contributed by atoms with Crippen molar-refractivity contribution in [3.05, 3.63) is 87.4 Å². The Morgan fingerprint density at radius 3 is 2.47 bits per heavy atom. The zero-order valence-electron chi connectivity index (χ0n) is 27.8. The first-order valence-electron chi connectivity index (χ1n) is 16.7. The van der Waals surface area contributed by atoms with Crippen LogP contribution in [0.15, 0.2) is 71.2 Å². The van der Waals surface area contributed by atoms with Crippen molar-refractivity contribution >= 4 is 56.9 Å². The molecule has 10 nitrogen and oxygen atoms in total. The number of halogens is 2. The zero-order valence-corrected chi connectivity index (χ0v) is 30.1. The number of aryl methyl sites for hydroxylation is 1. The summed E-state index contributed by atoms with van der Waals surface area (Å²) < 4.78 is 13.5. The summed E-state index contributed by atoms with van der Waals surface area (Å²) in [5, 5.41) is 9.94. The van der Waals surface area contributed by atoms with Crippen LogP contribution in [0.25, 0.3) is 0 Å². The number of benzene rings is 2. The lowest BCUT2D eigenvalue weighted by molar-refractivity contribution is -0.164. The van der Waals surface area contributed by atoms with E-state index in [1.807, 2.05) is 62.4 Å². The molecule has 49 heavy (non-hydrogen) atoms. The lowest BCUT2D eigenvalue weighted by atomic mass is 9.74. The Hall–Kier alpha value is -3.51. The number of cyclic esters (lactones) is 1. The number of aliphatic hydroxyl groups excluding tert-OH is 1. The van der Waals surface area contributed by atoms with Crippen LogP contribution < -0.4 is 4.90 Å². The Bertz CT molecular complexity index is 1660. The van der Waals surface area contributed by atoms with E-state index in [4.69, 9.17) is 21.1 Å². The molecule has 1 N–H and O–H groups in total. The number of anilines is 1. The molecule has 0 radical (unpaired) electrons.